The van der Waals surface area contributed by atoms with Gasteiger partial charge in [0.1, 0.15) is 0 Å². The van der Waals surface area contributed by atoms with Crippen LogP contribution >= 0.6 is 11.6 Å². The maximum atomic E-state index is 6.60. The fourth-order valence-corrected chi connectivity index (χ4v) is 4.36. The first kappa shape index (κ1) is 16.4. The van der Waals surface area contributed by atoms with E-state index >= 15 is 0 Å². The van der Waals surface area contributed by atoms with Crippen molar-refractivity contribution in [1.82, 2.24) is 10.3 Å². The van der Waals surface area contributed by atoms with Gasteiger partial charge in [-0.3, -0.25) is 4.98 Å². The summed E-state index contributed by atoms with van der Waals surface area (Å²) >= 11 is 6.60. The molecule has 2 aromatic carbocycles. The average Bonchev–Trinajstić information content (AvgIpc) is 3.04. The Morgan fingerprint density at radius 2 is 2.00 bits per heavy atom. The molecule has 1 aromatic heterocycles. The van der Waals surface area contributed by atoms with E-state index in [-0.39, 0.29) is 5.54 Å². The van der Waals surface area contributed by atoms with Gasteiger partial charge < -0.3 is 10.6 Å². The van der Waals surface area contributed by atoms with E-state index in [1.165, 1.54) is 22.1 Å². The molecule has 4 rings (SSSR count). The molecule has 1 fully saturated rings. The quantitative estimate of drug-likeness (QED) is 0.711. The lowest BCUT2D eigenvalue weighted by molar-refractivity contribution is 0.540. The van der Waals surface area contributed by atoms with E-state index in [9.17, 15) is 0 Å². The van der Waals surface area contributed by atoms with Gasteiger partial charge >= 0.3 is 0 Å². The van der Waals surface area contributed by atoms with E-state index in [1.807, 2.05) is 24.4 Å². The summed E-state index contributed by atoms with van der Waals surface area (Å²) in [6.45, 7) is 6.08. The van der Waals surface area contributed by atoms with Crippen LogP contribution in [0.4, 0.5) is 5.69 Å². The third-order valence-electron chi connectivity index (χ3n) is 5.20. The standard InChI is InChI=1S/C21H22ClN3/c1-14-8-10-24-19-12-16(6-7-17(14)19)25-21(9-11-23-13-21)20-15(2)4-3-5-18(20)22/h3-8,10,12,23,25H,9,11,13H2,1-2H3/t21-/m0/s1. The minimum atomic E-state index is -0.195. The number of fused-ring (bicyclic) bond motifs is 1. The van der Waals surface area contributed by atoms with Crippen molar-refractivity contribution in [3.63, 3.8) is 0 Å². The summed E-state index contributed by atoms with van der Waals surface area (Å²) < 4.78 is 0. The van der Waals surface area contributed by atoms with E-state index in [0.29, 0.717) is 0 Å². The molecule has 0 spiro atoms. The van der Waals surface area contributed by atoms with Crippen LogP contribution in [0.3, 0.4) is 0 Å². The Kier molecular flexibility index (Phi) is 4.14. The summed E-state index contributed by atoms with van der Waals surface area (Å²) in [6, 6.07) is 14.6. The molecule has 4 heteroatoms. The number of hydrogen-bond acceptors (Lipinski definition) is 3. The highest BCUT2D eigenvalue weighted by atomic mass is 35.5. The molecule has 128 valence electrons. The molecule has 0 bridgehead atoms. The summed E-state index contributed by atoms with van der Waals surface area (Å²) in [5.41, 5.74) is 5.56. The van der Waals surface area contributed by atoms with Gasteiger partial charge in [-0.2, -0.15) is 0 Å². The zero-order chi connectivity index (χ0) is 17.4. The Hall–Kier alpha value is -2.10. The highest BCUT2D eigenvalue weighted by Gasteiger charge is 2.38. The van der Waals surface area contributed by atoms with E-state index in [1.54, 1.807) is 0 Å². The molecule has 0 amide bonds. The van der Waals surface area contributed by atoms with Gasteiger partial charge in [0.25, 0.3) is 0 Å². The number of aryl methyl sites for hydroxylation is 2. The smallest absolute Gasteiger partial charge is 0.0778 e. The van der Waals surface area contributed by atoms with Gasteiger partial charge in [0.2, 0.25) is 0 Å². The zero-order valence-electron chi connectivity index (χ0n) is 14.6. The number of pyridine rings is 1. The van der Waals surface area contributed by atoms with Gasteiger partial charge in [-0.15, -0.1) is 0 Å². The van der Waals surface area contributed by atoms with Crippen molar-refractivity contribution < 1.29 is 0 Å². The van der Waals surface area contributed by atoms with Crippen molar-refractivity contribution >= 4 is 28.2 Å². The number of nitrogens with one attached hydrogen (secondary N) is 2. The van der Waals surface area contributed by atoms with Crippen LogP contribution in [0.15, 0.2) is 48.7 Å². The van der Waals surface area contributed by atoms with Crippen LogP contribution in [-0.2, 0) is 5.54 Å². The van der Waals surface area contributed by atoms with Crippen LogP contribution in [0.5, 0.6) is 0 Å². The van der Waals surface area contributed by atoms with Crippen molar-refractivity contribution in [3.05, 3.63) is 70.4 Å². The molecule has 0 radical (unpaired) electrons. The van der Waals surface area contributed by atoms with Gasteiger partial charge in [-0.25, -0.2) is 0 Å². The molecule has 0 aliphatic carbocycles. The van der Waals surface area contributed by atoms with Crippen LogP contribution in [0.2, 0.25) is 5.02 Å². The summed E-state index contributed by atoms with van der Waals surface area (Å²) in [6.07, 6.45) is 2.86. The lowest BCUT2D eigenvalue weighted by atomic mass is 9.85. The second-order valence-corrected chi connectivity index (χ2v) is 7.33. The third kappa shape index (κ3) is 2.88. The van der Waals surface area contributed by atoms with Crippen molar-refractivity contribution in [2.45, 2.75) is 25.8 Å². The molecular formula is C21H22ClN3. The van der Waals surface area contributed by atoms with Crippen molar-refractivity contribution in [1.29, 1.82) is 0 Å². The topological polar surface area (TPSA) is 37.0 Å². The molecule has 3 nitrogen and oxygen atoms in total. The van der Waals surface area contributed by atoms with Crippen LogP contribution < -0.4 is 10.6 Å². The molecule has 25 heavy (non-hydrogen) atoms. The summed E-state index contributed by atoms with van der Waals surface area (Å²) in [7, 11) is 0. The Morgan fingerprint density at radius 1 is 1.12 bits per heavy atom. The van der Waals surface area contributed by atoms with Crippen molar-refractivity contribution in [2.75, 3.05) is 18.4 Å². The Labute approximate surface area is 153 Å². The summed E-state index contributed by atoms with van der Waals surface area (Å²) in [5, 5.41) is 9.29. The number of halogens is 1. The van der Waals surface area contributed by atoms with Crippen LogP contribution in [0.1, 0.15) is 23.1 Å². The Bertz CT molecular complexity index is 909. The van der Waals surface area contributed by atoms with E-state index in [0.717, 1.165) is 35.7 Å². The molecule has 0 unspecified atom stereocenters. The molecular weight excluding hydrogens is 330 g/mol. The molecule has 1 aliphatic rings. The minimum absolute atomic E-state index is 0.195. The molecule has 1 aliphatic heterocycles. The number of rotatable bonds is 3. The molecule has 1 atom stereocenters. The van der Waals surface area contributed by atoms with Crippen LogP contribution in [0.25, 0.3) is 10.9 Å². The third-order valence-corrected chi connectivity index (χ3v) is 5.52. The molecule has 1 saturated heterocycles. The molecule has 2 N–H and O–H groups in total. The van der Waals surface area contributed by atoms with Gasteiger partial charge in [0.15, 0.2) is 0 Å². The number of nitrogens with zero attached hydrogens (tertiary/aromatic N) is 1. The number of hydrogen-bond donors (Lipinski definition) is 2. The van der Waals surface area contributed by atoms with E-state index < -0.39 is 0 Å². The average molecular weight is 352 g/mol. The predicted octanol–water partition coefficient (Wildman–Crippen LogP) is 4.81. The lowest BCUT2D eigenvalue weighted by Crippen LogP contribution is -2.38. The first-order valence-corrected chi connectivity index (χ1v) is 9.07. The first-order chi connectivity index (χ1) is 12.1. The van der Waals surface area contributed by atoms with Gasteiger partial charge in [-0.05, 0) is 62.2 Å². The summed E-state index contributed by atoms with van der Waals surface area (Å²) in [5.74, 6) is 0. The molecule has 0 saturated carbocycles. The highest BCUT2D eigenvalue weighted by Crippen LogP contribution is 2.38. The van der Waals surface area contributed by atoms with Gasteiger partial charge in [-0.1, -0.05) is 29.8 Å². The largest absolute Gasteiger partial charge is 0.374 e. The Morgan fingerprint density at radius 3 is 2.76 bits per heavy atom. The normalized spacial score (nSPS) is 20.1. The second-order valence-electron chi connectivity index (χ2n) is 6.93. The van der Waals surface area contributed by atoms with Gasteiger partial charge in [0, 0.05) is 34.4 Å². The molecule has 3 aromatic rings. The van der Waals surface area contributed by atoms with Crippen molar-refractivity contribution in [2.24, 2.45) is 0 Å². The highest BCUT2D eigenvalue weighted by molar-refractivity contribution is 6.31. The van der Waals surface area contributed by atoms with Crippen LogP contribution in [-0.4, -0.2) is 18.1 Å². The van der Waals surface area contributed by atoms with Crippen molar-refractivity contribution in [3.8, 4) is 0 Å². The maximum absolute atomic E-state index is 6.60. The minimum Gasteiger partial charge on any atom is -0.374 e. The SMILES string of the molecule is Cc1cccc(Cl)c1[C@]1(Nc2ccc3c(C)ccnc3c2)CCNC1. The second kappa shape index (κ2) is 6.32. The maximum Gasteiger partial charge on any atom is 0.0778 e. The molecule has 2 heterocycles. The zero-order valence-corrected chi connectivity index (χ0v) is 15.3. The van der Waals surface area contributed by atoms with Crippen LogP contribution in [0, 0.1) is 13.8 Å². The van der Waals surface area contributed by atoms with E-state index in [2.05, 4.69) is 53.7 Å². The van der Waals surface area contributed by atoms with E-state index in [4.69, 9.17) is 11.6 Å². The Balaban J connectivity index is 1.78. The lowest BCUT2D eigenvalue weighted by Gasteiger charge is -2.33. The first-order valence-electron chi connectivity index (χ1n) is 8.69. The fraction of sp³-hybridized carbons (Fsp3) is 0.286. The van der Waals surface area contributed by atoms with Gasteiger partial charge in [0.05, 0.1) is 11.1 Å². The number of aromatic nitrogens is 1. The monoisotopic (exact) mass is 351 g/mol. The number of anilines is 1. The summed E-state index contributed by atoms with van der Waals surface area (Å²) in [4.78, 5) is 4.53. The predicted molar refractivity (Wildman–Crippen MR) is 105 cm³/mol. The fourth-order valence-electron chi connectivity index (χ4n) is 3.96. The number of benzene rings is 2.